The van der Waals surface area contributed by atoms with Gasteiger partial charge in [-0.2, -0.15) is 0 Å². The summed E-state index contributed by atoms with van der Waals surface area (Å²) in [5.41, 5.74) is 1.59. The number of anilines is 3. The molecule has 2 aliphatic carbocycles. The maximum absolute atomic E-state index is 14.0. The summed E-state index contributed by atoms with van der Waals surface area (Å²) in [5.74, 6) is 0.0593. The van der Waals surface area contributed by atoms with Crippen LogP contribution >= 0.6 is 0 Å². The second-order valence-electron chi connectivity index (χ2n) is 9.83. The van der Waals surface area contributed by atoms with Crippen LogP contribution in [0.15, 0.2) is 30.7 Å². The number of aromatic nitrogens is 4. The molecule has 3 aromatic heterocycles. The van der Waals surface area contributed by atoms with Crippen molar-refractivity contribution in [2.45, 2.75) is 69.6 Å². The predicted molar refractivity (Wildman–Crippen MR) is 133 cm³/mol. The van der Waals surface area contributed by atoms with E-state index in [0.717, 1.165) is 56.8 Å². The first-order chi connectivity index (χ1) is 17.5. The fourth-order valence-corrected chi connectivity index (χ4v) is 4.73. The fraction of sp³-hybridized carbons (Fsp3) is 0.520. The number of nitrogens with one attached hydrogen (secondary N) is 3. The van der Waals surface area contributed by atoms with Crippen molar-refractivity contribution in [3.05, 3.63) is 42.2 Å². The zero-order valence-electron chi connectivity index (χ0n) is 20.0. The van der Waals surface area contributed by atoms with Gasteiger partial charge in [0, 0.05) is 24.3 Å². The molecular formula is C25H32FN7O3. The minimum atomic E-state index is -0.634. The minimum absolute atomic E-state index is 0.0406. The van der Waals surface area contributed by atoms with Gasteiger partial charge in [0.05, 0.1) is 36.5 Å². The molecular weight excluding hydrogens is 465 g/mol. The van der Waals surface area contributed by atoms with Gasteiger partial charge in [0.15, 0.2) is 17.2 Å². The average Bonchev–Trinajstić information content (AvgIpc) is 3.59. The lowest BCUT2D eigenvalue weighted by Gasteiger charge is -2.30. The van der Waals surface area contributed by atoms with Gasteiger partial charge in [0.2, 0.25) is 0 Å². The molecule has 2 fully saturated rings. The second-order valence-corrected chi connectivity index (χ2v) is 9.83. The van der Waals surface area contributed by atoms with E-state index in [4.69, 9.17) is 5.11 Å². The van der Waals surface area contributed by atoms with E-state index >= 15 is 0 Å². The first-order valence-electron chi connectivity index (χ1n) is 12.6. The van der Waals surface area contributed by atoms with Crippen LogP contribution in [-0.2, 0) is 0 Å². The molecule has 1 unspecified atom stereocenters. The fourth-order valence-electron chi connectivity index (χ4n) is 4.73. The molecule has 5 N–H and O–H groups in total. The van der Waals surface area contributed by atoms with E-state index in [0.29, 0.717) is 29.8 Å². The number of fused-ring (bicyclic) bond motifs is 1. The number of aliphatic hydroxyl groups is 2. The van der Waals surface area contributed by atoms with Crippen LogP contribution in [0.1, 0.15) is 61.9 Å². The summed E-state index contributed by atoms with van der Waals surface area (Å²) in [5, 5.41) is 32.9. The van der Waals surface area contributed by atoms with Gasteiger partial charge < -0.3 is 26.2 Å². The van der Waals surface area contributed by atoms with Crippen molar-refractivity contribution in [3.8, 4) is 0 Å². The molecule has 10 nitrogen and oxygen atoms in total. The second kappa shape index (κ2) is 10.8. The zero-order chi connectivity index (χ0) is 25.1. The van der Waals surface area contributed by atoms with Crippen LogP contribution in [0.3, 0.4) is 0 Å². The molecule has 1 amide bonds. The van der Waals surface area contributed by atoms with Crippen molar-refractivity contribution >= 4 is 28.7 Å². The van der Waals surface area contributed by atoms with Crippen LogP contribution in [-0.4, -0.2) is 60.5 Å². The topological polar surface area (TPSA) is 137 Å². The quantitative estimate of drug-likeness (QED) is 0.288. The molecule has 192 valence electrons. The molecule has 0 aliphatic heterocycles. The van der Waals surface area contributed by atoms with E-state index < -0.39 is 17.8 Å². The summed E-state index contributed by atoms with van der Waals surface area (Å²) in [6.07, 6.45) is 11.0. The van der Waals surface area contributed by atoms with E-state index in [9.17, 15) is 14.3 Å². The lowest BCUT2D eigenvalue weighted by Crippen LogP contribution is -2.27. The monoisotopic (exact) mass is 497 g/mol. The number of nitrogens with zero attached hydrogens (tertiary/aromatic N) is 4. The van der Waals surface area contributed by atoms with E-state index in [-0.39, 0.29) is 24.0 Å². The first-order valence-corrected chi connectivity index (χ1v) is 12.6. The summed E-state index contributed by atoms with van der Waals surface area (Å²) < 4.78 is 15.5. The van der Waals surface area contributed by atoms with Crippen LogP contribution < -0.4 is 16.0 Å². The molecule has 0 saturated heterocycles. The first kappa shape index (κ1) is 24.4. The number of carbonyl (C=O) groups excluding carboxylic acids is 1. The standard InChI is InChI=1S/C25H32FN7O3/c26-19-12-27-10-9-20(19)31-25(36)22-13-28-24-21(29-16-6-7-16)11-23(32-33(22)24)30-17-4-1-15(2-5-17)3-8-18(35)14-34/h9-13,15-18,29,34-35H,1-8,14H2,(H,30,32)(H,27,31,36). The molecule has 36 heavy (non-hydrogen) atoms. The third-order valence-corrected chi connectivity index (χ3v) is 6.98. The molecule has 11 heteroatoms. The Kier molecular flexibility index (Phi) is 7.28. The molecule has 0 spiro atoms. The molecule has 3 heterocycles. The van der Waals surface area contributed by atoms with E-state index in [1.165, 1.54) is 23.0 Å². The van der Waals surface area contributed by atoms with Crippen molar-refractivity contribution in [3.63, 3.8) is 0 Å². The number of hydrogen-bond acceptors (Lipinski definition) is 8. The highest BCUT2D eigenvalue weighted by Crippen LogP contribution is 2.32. The van der Waals surface area contributed by atoms with Gasteiger partial charge >= 0.3 is 0 Å². The number of pyridine rings is 1. The van der Waals surface area contributed by atoms with E-state index in [2.05, 4.69) is 31.0 Å². The Bertz CT molecular complexity index is 1210. The summed E-state index contributed by atoms with van der Waals surface area (Å²) in [4.78, 5) is 21.1. The predicted octanol–water partition coefficient (Wildman–Crippen LogP) is 3.19. The molecule has 1 atom stereocenters. The largest absolute Gasteiger partial charge is 0.394 e. The van der Waals surface area contributed by atoms with Crippen LogP contribution in [0, 0.1) is 11.7 Å². The highest BCUT2D eigenvalue weighted by molar-refractivity contribution is 6.03. The average molecular weight is 498 g/mol. The number of hydrogen-bond donors (Lipinski definition) is 5. The zero-order valence-corrected chi connectivity index (χ0v) is 20.0. The summed E-state index contributed by atoms with van der Waals surface area (Å²) in [6.45, 7) is -0.186. The van der Waals surface area contributed by atoms with Crippen molar-refractivity contribution < 1.29 is 19.4 Å². The third kappa shape index (κ3) is 5.73. The van der Waals surface area contributed by atoms with Gasteiger partial charge in [-0.15, -0.1) is 5.10 Å². The molecule has 0 radical (unpaired) electrons. The molecule has 5 rings (SSSR count). The molecule has 2 aliphatic rings. The third-order valence-electron chi connectivity index (χ3n) is 6.98. The summed E-state index contributed by atoms with van der Waals surface area (Å²) >= 11 is 0. The maximum atomic E-state index is 14.0. The van der Waals surface area contributed by atoms with Gasteiger partial charge in [0.1, 0.15) is 5.82 Å². The van der Waals surface area contributed by atoms with Gasteiger partial charge in [-0.25, -0.2) is 13.9 Å². The number of rotatable bonds is 10. The number of amides is 1. The lowest BCUT2D eigenvalue weighted by molar-refractivity contribution is 0.0803. The van der Waals surface area contributed by atoms with Gasteiger partial charge in [-0.1, -0.05) is 0 Å². The Balaban J connectivity index is 1.32. The van der Waals surface area contributed by atoms with Crippen molar-refractivity contribution in [1.29, 1.82) is 0 Å². The Hall–Kier alpha value is -3.31. The van der Waals surface area contributed by atoms with Crippen molar-refractivity contribution in [1.82, 2.24) is 19.6 Å². The molecule has 3 aromatic rings. The Labute approximate surface area is 208 Å². The Morgan fingerprint density at radius 1 is 1.11 bits per heavy atom. The smallest absolute Gasteiger partial charge is 0.276 e. The van der Waals surface area contributed by atoms with Crippen LogP contribution in [0.5, 0.6) is 0 Å². The van der Waals surface area contributed by atoms with E-state index in [1.54, 1.807) is 0 Å². The molecule has 0 bridgehead atoms. The Morgan fingerprint density at radius 3 is 2.58 bits per heavy atom. The number of aliphatic hydroxyl groups excluding tert-OH is 2. The number of carbonyl (C=O) groups is 1. The maximum Gasteiger partial charge on any atom is 0.276 e. The SMILES string of the molecule is O=C(Nc1ccncc1F)c1cnc2c(NC3CC3)cc(NC3CCC(CCC(O)CO)CC3)nn12. The normalized spacial score (nSPS) is 20.8. The van der Waals surface area contributed by atoms with Crippen LogP contribution in [0.2, 0.25) is 0 Å². The van der Waals surface area contributed by atoms with Crippen molar-refractivity contribution in [2.24, 2.45) is 5.92 Å². The Morgan fingerprint density at radius 2 is 1.86 bits per heavy atom. The summed E-state index contributed by atoms with van der Waals surface area (Å²) in [7, 11) is 0. The summed E-state index contributed by atoms with van der Waals surface area (Å²) in [6, 6.07) is 3.97. The lowest BCUT2D eigenvalue weighted by atomic mass is 9.83. The van der Waals surface area contributed by atoms with Gasteiger partial charge in [-0.05, 0) is 63.4 Å². The highest BCUT2D eigenvalue weighted by atomic mass is 19.1. The number of halogens is 1. The molecule has 0 aromatic carbocycles. The number of imidazole rings is 1. The highest BCUT2D eigenvalue weighted by Gasteiger charge is 2.26. The van der Waals surface area contributed by atoms with Crippen LogP contribution in [0.25, 0.3) is 5.65 Å². The van der Waals surface area contributed by atoms with Crippen LogP contribution in [0.4, 0.5) is 21.6 Å². The van der Waals surface area contributed by atoms with Gasteiger partial charge in [0.25, 0.3) is 5.91 Å². The van der Waals surface area contributed by atoms with Crippen molar-refractivity contribution in [2.75, 3.05) is 22.6 Å². The van der Waals surface area contributed by atoms with E-state index in [1.807, 2.05) is 6.07 Å². The minimum Gasteiger partial charge on any atom is -0.394 e. The molecule has 2 saturated carbocycles. The van der Waals surface area contributed by atoms with Gasteiger partial charge in [-0.3, -0.25) is 9.78 Å².